The lowest BCUT2D eigenvalue weighted by Gasteiger charge is -2.28. The van der Waals surface area contributed by atoms with E-state index in [0.29, 0.717) is 12.8 Å². The number of carbonyl (C=O) groups excluding carboxylic acids is 4. The van der Waals surface area contributed by atoms with Gasteiger partial charge in [0.15, 0.2) is 6.61 Å². The van der Waals surface area contributed by atoms with Gasteiger partial charge >= 0.3 is 12.1 Å². The molecule has 7 nitrogen and oxygen atoms in total. The molecule has 36 heavy (non-hydrogen) atoms. The summed E-state index contributed by atoms with van der Waals surface area (Å²) in [6, 6.07) is 9.50. The molecule has 12 heteroatoms. The van der Waals surface area contributed by atoms with Gasteiger partial charge in [-0.15, -0.1) is 23.2 Å². The molecule has 4 atom stereocenters. The number of nitrogens with one attached hydrogen (secondary N) is 1. The summed E-state index contributed by atoms with van der Waals surface area (Å²) in [5, 5.41) is 1.41. The Morgan fingerprint density at radius 3 is 2.11 bits per heavy atom. The van der Waals surface area contributed by atoms with Crippen molar-refractivity contribution in [2.75, 3.05) is 16.8 Å². The summed E-state index contributed by atoms with van der Waals surface area (Å²) in [6.45, 7) is -0.734. The number of nitrogens with zero attached hydrogens (tertiary/aromatic N) is 1. The van der Waals surface area contributed by atoms with Crippen molar-refractivity contribution in [1.82, 2.24) is 0 Å². The molecule has 3 amide bonds. The predicted octanol–water partition coefficient (Wildman–Crippen LogP) is 4.62. The van der Waals surface area contributed by atoms with Crippen LogP contribution in [0.4, 0.5) is 24.5 Å². The summed E-state index contributed by atoms with van der Waals surface area (Å²) in [7, 11) is 0. The number of hydrogen-bond acceptors (Lipinski definition) is 5. The molecule has 4 rings (SSSR count). The maximum absolute atomic E-state index is 12.8. The molecule has 0 aromatic heterocycles. The second-order valence-electron chi connectivity index (χ2n) is 8.48. The summed E-state index contributed by atoms with van der Waals surface area (Å²) in [5.74, 6) is -3.54. The SMILES string of the molecule is O=C(COC(=O)c1ccc(N2C(=O)[C@H]3C[C@@H](Cl)[C@@H](Cl)C[C@H]3C2=O)cc1)Nc1cccc(C(F)(F)F)c1. The Balaban J connectivity index is 1.35. The number of anilines is 2. The zero-order valence-corrected chi connectivity index (χ0v) is 19.9. The van der Waals surface area contributed by atoms with Crippen LogP contribution in [0, 0.1) is 11.8 Å². The molecule has 1 saturated heterocycles. The van der Waals surface area contributed by atoms with Crippen LogP contribution in [0.15, 0.2) is 48.5 Å². The van der Waals surface area contributed by atoms with E-state index in [2.05, 4.69) is 5.32 Å². The van der Waals surface area contributed by atoms with E-state index in [0.717, 1.165) is 23.1 Å². The molecular weight excluding hydrogens is 524 g/mol. The fraction of sp³-hybridized carbons (Fsp3) is 0.333. The lowest BCUT2D eigenvalue weighted by atomic mass is 9.80. The van der Waals surface area contributed by atoms with Crippen LogP contribution in [-0.2, 0) is 25.3 Å². The third-order valence-corrected chi connectivity index (χ3v) is 7.17. The molecule has 1 saturated carbocycles. The van der Waals surface area contributed by atoms with E-state index in [9.17, 15) is 32.3 Å². The van der Waals surface area contributed by atoms with E-state index < -0.39 is 52.8 Å². The van der Waals surface area contributed by atoms with Crippen molar-refractivity contribution in [3.63, 3.8) is 0 Å². The van der Waals surface area contributed by atoms with E-state index in [4.69, 9.17) is 27.9 Å². The number of esters is 1. The normalized spacial score (nSPS) is 23.9. The first-order valence-corrected chi connectivity index (χ1v) is 11.7. The molecular formula is C24H19Cl2F3N2O5. The van der Waals surface area contributed by atoms with Crippen molar-refractivity contribution in [3.05, 3.63) is 59.7 Å². The third kappa shape index (κ3) is 5.34. The number of imide groups is 1. The summed E-state index contributed by atoms with van der Waals surface area (Å²) >= 11 is 12.4. The van der Waals surface area contributed by atoms with Gasteiger partial charge in [0.2, 0.25) is 11.8 Å². The minimum Gasteiger partial charge on any atom is -0.452 e. The van der Waals surface area contributed by atoms with Crippen LogP contribution < -0.4 is 10.2 Å². The Morgan fingerprint density at radius 2 is 1.56 bits per heavy atom. The number of fused-ring (bicyclic) bond motifs is 1. The summed E-state index contributed by atoms with van der Waals surface area (Å²) in [5.41, 5.74) is -0.715. The smallest absolute Gasteiger partial charge is 0.416 e. The molecule has 2 aromatic rings. The van der Waals surface area contributed by atoms with Crippen LogP contribution in [0.3, 0.4) is 0 Å². The average molecular weight is 543 g/mol. The second kappa shape index (κ2) is 10.1. The average Bonchev–Trinajstić information content (AvgIpc) is 3.06. The van der Waals surface area contributed by atoms with Crippen molar-refractivity contribution >= 4 is 58.3 Å². The van der Waals surface area contributed by atoms with Crippen LogP contribution in [0.5, 0.6) is 0 Å². The maximum atomic E-state index is 12.8. The van der Waals surface area contributed by atoms with Gasteiger partial charge < -0.3 is 10.1 Å². The Labute approximate surface area is 213 Å². The van der Waals surface area contributed by atoms with E-state index in [1.54, 1.807) is 0 Å². The lowest BCUT2D eigenvalue weighted by Crippen LogP contribution is -2.34. The molecule has 1 N–H and O–H groups in total. The van der Waals surface area contributed by atoms with Crippen molar-refractivity contribution < 1.29 is 37.1 Å². The summed E-state index contributed by atoms with van der Waals surface area (Å²) in [4.78, 5) is 51.0. The van der Waals surface area contributed by atoms with Crippen molar-refractivity contribution in [2.45, 2.75) is 29.8 Å². The number of ether oxygens (including phenoxy) is 1. The van der Waals surface area contributed by atoms with Gasteiger partial charge in [-0.25, -0.2) is 4.79 Å². The Hall–Kier alpha value is -3.11. The van der Waals surface area contributed by atoms with E-state index in [1.165, 1.54) is 30.3 Å². The first kappa shape index (κ1) is 26.0. The minimum atomic E-state index is -4.57. The van der Waals surface area contributed by atoms with Gasteiger partial charge in [-0.2, -0.15) is 13.2 Å². The van der Waals surface area contributed by atoms with E-state index >= 15 is 0 Å². The van der Waals surface area contributed by atoms with Crippen LogP contribution >= 0.6 is 23.2 Å². The van der Waals surface area contributed by atoms with Gasteiger partial charge in [-0.3, -0.25) is 19.3 Å². The highest BCUT2D eigenvalue weighted by Gasteiger charge is 2.52. The molecule has 190 valence electrons. The van der Waals surface area contributed by atoms with Crippen LogP contribution in [0.25, 0.3) is 0 Å². The highest BCUT2D eigenvalue weighted by molar-refractivity contribution is 6.31. The largest absolute Gasteiger partial charge is 0.452 e. The maximum Gasteiger partial charge on any atom is 0.416 e. The molecule has 0 bridgehead atoms. The van der Waals surface area contributed by atoms with Gasteiger partial charge in [0.05, 0.1) is 39.4 Å². The first-order chi connectivity index (χ1) is 17.0. The number of carbonyl (C=O) groups is 4. The predicted molar refractivity (Wildman–Crippen MR) is 125 cm³/mol. The number of halogens is 5. The summed E-state index contributed by atoms with van der Waals surface area (Å²) < 4.78 is 43.3. The fourth-order valence-corrected chi connectivity index (χ4v) is 4.87. The molecule has 1 aliphatic heterocycles. The van der Waals surface area contributed by atoms with Crippen LogP contribution in [0.1, 0.15) is 28.8 Å². The standard InChI is InChI=1S/C24H19Cl2F3N2O5/c25-18-9-16-17(10-19(18)26)22(34)31(21(16)33)15-6-4-12(5-7-15)23(35)36-11-20(32)30-14-3-1-2-13(8-14)24(27,28)29/h1-8,16-19H,9-11H2,(H,30,32)/t16-,17+,18+,19-. The number of hydrogen-bond donors (Lipinski definition) is 1. The third-order valence-electron chi connectivity index (χ3n) is 6.08. The lowest BCUT2D eigenvalue weighted by molar-refractivity contribution is -0.137. The molecule has 1 aliphatic carbocycles. The first-order valence-electron chi connectivity index (χ1n) is 10.9. The zero-order valence-electron chi connectivity index (χ0n) is 18.4. The molecule has 0 unspecified atom stereocenters. The Kier molecular flexibility index (Phi) is 7.28. The van der Waals surface area contributed by atoms with Gasteiger partial charge in [0.25, 0.3) is 5.91 Å². The number of benzene rings is 2. The fourth-order valence-electron chi connectivity index (χ4n) is 4.28. The van der Waals surface area contributed by atoms with E-state index in [1.807, 2.05) is 0 Å². The highest BCUT2D eigenvalue weighted by atomic mass is 35.5. The molecule has 0 radical (unpaired) electrons. The molecule has 2 aliphatic rings. The zero-order chi connectivity index (χ0) is 26.2. The number of alkyl halides is 5. The van der Waals surface area contributed by atoms with Crippen molar-refractivity contribution in [3.8, 4) is 0 Å². The number of rotatable bonds is 5. The Morgan fingerprint density at radius 1 is 0.972 bits per heavy atom. The van der Waals surface area contributed by atoms with Crippen LogP contribution in [0.2, 0.25) is 0 Å². The second-order valence-corrected chi connectivity index (χ2v) is 9.60. The summed E-state index contributed by atoms with van der Waals surface area (Å²) in [6.07, 6.45) is -3.97. The van der Waals surface area contributed by atoms with Crippen molar-refractivity contribution in [1.29, 1.82) is 0 Å². The molecule has 1 heterocycles. The van der Waals surface area contributed by atoms with Gasteiger partial charge in [0.1, 0.15) is 0 Å². The van der Waals surface area contributed by atoms with Gasteiger partial charge in [-0.1, -0.05) is 6.07 Å². The topological polar surface area (TPSA) is 92.8 Å². The van der Waals surface area contributed by atoms with Crippen molar-refractivity contribution in [2.24, 2.45) is 11.8 Å². The molecule has 2 aromatic carbocycles. The van der Waals surface area contributed by atoms with Gasteiger partial charge in [0, 0.05) is 5.69 Å². The quantitative estimate of drug-likeness (QED) is 0.338. The minimum absolute atomic E-state index is 0.0452. The number of amides is 3. The Bertz CT molecular complexity index is 1180. The monoisotopic (exact) mass is 542 g/mol. The molecule has 0 spiro atoms. The van der Waals surface area contributed by atoms with Gasteiger partial charge in [-0.05, 0) is 55.3 Å². The van der Waals surface area contributed by atoms with Crippen LogP contribution in [-0.4, -0.2) is 41.1 Å². The molecule has 2 fully saturated rings. The highest BCUT2D eigenvalue weighted by Crippen LogP contribution is 2.43. The van der Waals surface area contributed by atoms with E-state index in [-0.39, 0.29) is 28.8 Å².